The first-order valence-corrected chi connectivity index (χ1v) is 6.58. The molecule has 0 aromatic carbocycles. The van der Waals surface area contributed by atoms with E-state index >= 15 is 0 Å². The Kier molecular flexibility index (Phi) is 4.45. The molecule has 0 aromatic rings. The van der Waals surface area contributed by atoms with Crippen molar-refractivity contribution in [2.24, 2.45) is 0 Å². The zero-order valence-corrected chi connectivity index (χ0v) is 9.07. The maximum absolute atomic E-state index is 10.9. The molecule has 1 saturated heterocycles. The van der Waals surface area contributed by atoms with Gasteiger partial charge >= 0.3 is 0 Å². The van der Waals surface area contributed by atoms with Crippen LogP contribution in [0.15, 0.2) is 0 Å². The Morgan fingerprint density at radius 2 is 1.92 bits per heavy atom. The van der Waals surface area contributed by atoms with E-state index in [1.165, 1.54) is 12.8 Å². The van der Waals surface area contributed by atoms with Crippen molar-refractivity contribution >= 4 is 21.6 Å². The second-order valence-electron chi connectivity index (χ2n) is 3.17. The summed E-state index contributed by atoms with van der Waals surface area (Å²) >= 11 is 5.22. The lowest BCUT2D eigenvalue weighted by molar-refractivity contribution is 0.344. The SMILES string of the molecule is O=S(=O)(CCl)NCCN1CCCC1. The van der Waals surface area contributed by atoms with Crippen LogP contribution in [0.25, 0.3) is 0 Å². The summed E-state index contributed by atoms with van der Waals surface area (Å²) in [7, 11) is -3.22. The van der Waals surface area contributed by atoms with Gasteiger partial charge in [0.1, 0.15) is 5.21 Å². The van der Waals surface area contributed by atoms with Crippen molar-refractivity contribution in [3.63, 3.8) is 0 Å². The van der Waals surface area contributed by atoms with E-state index in [0.717, 1.165) is 19.6 Å². The molecule has 13 heavy (non-hydrogen) atoms. The molecule has 0 aromatic heterocycles. The van der Waals surface area contributed by atoms with Gasteiger partial charge in [-0.3, -0.25) is 0 Å². The molecule has 6 heteroatoms. The third kappa shape index (κ3) is 4.26. The lowest BCUT2D eigenvalue weighted by atomic mass is 10.4. The van der Waals surface area contributed by atoms with E-state index in [2.05, 4.69) is 9.62 Å². The molecule has 0 saturated carbocycles. The predicted molar refractivity (Wildman–Crippen MR) is 53.3 cm³/mol. The molecule has 1 heterocycles. The van der Waals surface area contributed by atoms with Crippen molar-refractivity contribution < 1.29 is 8.42 Å². The molecule has 0 unspecified atom stereocenters. The first kappa shape index (κ1) is 11.2. The summed E-state index contributed by atoms with van der Waals surface area (Å²) in [5.41, 5.74) is 0. The Bertz CT molecular complexity index is 237. The highest BCUT2D eigenvalue weighted by Gasteiger charge is 2.12. The van der Waals surface area contributed by atoms with Gasteiger partial charge in [-0.1, -0.05) is 0 Å². The van der Waals surface area contributed by atoms with Gasteiger partial charge in [0, 0.05) is 13.1 Å². The maximum Gasteiger partial charge on any atom is 0.225 e. The van der Waals surface area contributed by atoms with Gasteiger partial charge in [-0.2, -0.15) is 0 Å². The highest BCUT2D eigenvalue weighted by atomic mass is 35.5. The van der Waals surface area contributed by atoms with Crippen molar-refractivity contribution in [3.05, 3.63) is 0 Å². The normalized spacial score (nSPS) is 19.5. The Morgan fingerprint density at radius 3 is 2.46 bits per heavy atom. The molecule has 1 aliphatic rings. The van der Waals surface area contributed by atoms with Gasteiger partial charge in [-0.15, -0.1) is 11.6 Å². The van der Waals surface area contributed by atoms with Crippen LogP contribution in [0, 0.1) is 0 Å². The summed E-state index contributed by atoms with van der Waals surface area (Å²) in [6.07, 6.45) is 2.45. The Hall–Kier alpha value is 0.160. The van der Waals surface area contributed by atoms with Crippen molar-refractivity contribution in [2.45, 2.75) is 12.8 Å². The van der Waals surface area contributed by atoms with E-state index in [4.69, 9.17) is 11.6 Å². The lowest BCUT2D eigenvalue weighted by Gasteiger charge is -2.14. The molecule has 0 atom stereocenters. The smallest absolute Gasteiger partial charge is 0.225 e. The summed E-state index contributed by atoms with van der Waals surface area (Å²) in [6.45, 7) is 3.43. The van der Waals surface area contributed by atoms with E-state index in [1.807, 2.05) is 0 Å². The molecule has 1 aliphatic heterocycles. The van der Waals surface area contributed by atoms with Crippen molar-refractivity contribution in [3.8, 4) is 0 Å². The number of rotatable bonds is 5. The van der Waals surface area contributed by atoms with Gasteiger partial charge in [0.2, 0.25) is 10.0 Å². The molecular weight excluding hydrogens is 212 g/mol. The number of hydrogen-bond acceptors (Lipinski definition) is 3. The highest BCUT2D eigenvalue weighted by molar-refractivity contribution is 7.90. The number of nitrogens with one attached hydrogen (secondary N) is 1. The average molecular weight is 227 g/mol. The molecular formula is C7H15ClN2O2S. The van der Waals surface area contributed by atoms with Crippen LogP contribution in [0.2, 0.25) is 0 Å². The Morgan fingerprint density at radius 1 is 1.31 bits per heavy atom. The van der Waals surface area contributed by atoms with E-state index in [9.17, 15) is 8.42 Å². The zero-order valence-electron chi connectivity index (χ0n) is 7.50. The van der Waals surface area contributed by atoms with Gasteiger partial charge in [0.25, 0.3) is 0 Å². The zero-order chi connectivity index (χ0) is 9.73. The summed E-state index contributed by atoms with van der Waals surface area (Å²) in [5.74, 6) is 0. The third-order valence-electron chi connectivity index (χ3n) is 2.09. The highest BCUT2D eigenvalue weighted by Crippen LogP contribution is 2.05. The quantitative estimate of drug-likeness (QED) is 0.682. The number of alkyl halides is 1. The summed E-state index contributed by atoms with van der Waals surface area (Å²) < 4.78 is 24.3. The number of likely N-dealkylation sites (tertiary alicyclic amines) is 1. The van der Waals surface area contributed by atoms with Crippen molar-refractivity contribution in [2.75, 3.05) is 31.4 Å². The minimum absolute atomic E-state index is 0.354. The van der Waals surface area contributed by atoms with Crippen LogP contribution in [-0.2, 0) is 10.0 Å². The number of halogens is 1. The average Bonchev–Trinajstić information content (AvgIpc) is 2.57. The lowest BCUT2D eigenvalue weighted by Crippen LogP contribution is -2.33. The summed E-state index contributed by atoms with van der Waals surface area (Å²) in [6, 6.07) is 0. The van der Waals surface area contributed by atoms with Gasteiger partial charge in [-0.05, 0) is 25.9 Å². The standard InChI is InChI=1S/C7H15ClN2O2S/c8-7-13(11,12)9-3-6-10-4-1-2-5-10/h9H,1-7H2. The summed E-state index contributed by atoms with van der Waals surface area (Å²) in [5, 5.41) is -0.354. The molecule has 1 N–H and O–H groups in total. The largest absolute Gasteiger partial charge is 0.302 e. The van der Waals surface area contributed by atoms with Gasteiger partial charge < -0.3 is 4.90 Å². The van der Waals surface area contributed by atoms with Gasteiger partial charge in [-0.25, -0.2) is 13.1 Å². The van der Waals surface area contributed by atoms with Crippen molar-refractivity contribution in [1.29, 1.82) is 0 Å². The second kappa shape index (κ2) is 5.14. The van der Waals surface area contributed by atoms with Crippen LogP contribution in [0.4, 0.5) is 0 Å². The monoisotopic (exact) mass is 226 g/mol. The van der Waals surface area contributed by atoms with Crippen LogP contribution in [-0.4, -0.2) is 44.7 Å². The van der Waals surface area contributed by atoms with Crippen LogP contribution in [0.1, 0.15) is 12.8 Å². The Balaban J connectivity index is 2.13. The second-order valence-corrected chi connectivity index (χ2v) is 5.56. The molecule has 0 radical (unpaired) electrons. The van der Waals surface area contributed by atoms with Gasteiger partial charge in [0.15, 0.2) is 0 Å². The fraction of sp³-hybridized carbons (Fsp3) is 1.00. The van der Waals surface area contributed by atoms with Crippen LogP contribution >= 0.6 is 11.6 Å². The fourth-order valence-electron chi connectivity index (χ4n) is 1.40. The number of nitrogens with zero attached hydrogens (tertiary/aromatic N) is 1. The van der Waals surface area contributed by atoms with E-state index in [1.54, 1.807) is 0 Å². The van der Waals surface area contributed by atoms with Crippen molar-refractivity contribution in [1.82, 2.24) is 9.62 Å². The number of sulfonamides is 1. The van der Waals surface area contributed by atoms with Crippen LogP contribution in [0.3, 0.4) is 0 Å². The van der Waals surface area contributed by atoms with Crippen LogP contribution < -0.4 is 4.72 Å². The first-order valence-electron chi connectivity index (χ1n) is 4.40. The van der Waals surface area contributed by atoms with E-state index in [0.29, 0.717) is 6.54 Å². The topological polar surface area (TPSA) is 49.4 Å². The molecule has 0 spiro atoms. The maximum atomic E-state index is 10.9. The first-order chi connectivity index (χ1) is 6.14. The molecule has 0 amide bonds. The van der Waals surface area contributed by atoms with Crippen LogP contribution in [0.5, 0.6) is 0 Å². The molecule has 4 nitrogen and oxygen atoms in total. The minimum Gasteiger partial charge on any atom is -0.302 e. The Labute approximate surface area is 84.3 Å². The number of hydrogen-bond donors (Lipinski definition) is 1. The molecule has 0 bridgehead atoms. The van der Waals surface area contributed by atoms with Gasteiger partial charge in [0.05, 0.1) is 0 Å². The summed E-state index contributed by atoms with van der Waals surface area (Å²) in [4.78, 5) is 2.25. The minimum atomic E-state index is -3.22. The predicted octanol–water partition coefficient (Wildman–Crippen LogP) is 0.198. The molecule has 1 fully saturated rings. The molecule has 1 rings (SSSR count). The van der Waals surface area contributed by atoms with E-state index in [-0.39, 0.29) is 5.21 Å². The molecule has 0 aliphatic carbocycles. The van der Waals surface area contributed by atoms with E-state index < -0.39 is 10.0 Å². The third-order valence-corrected chi connectivity index (χ3v) is 3.89. The fourth-order valence-corrected chi connectivity index (χ4v) is 2.11. The molecule has 78 valence electrons.